The number of fused-ring (bicyclic) bond motifs is 4. The summed E-state index contributed by atoms with van der Waals surface area (Å²) in [6.07, 6.45) is 5.64. The molecule has 2 aromatic rings. The average Bonchev–Trinajstić information content (AvgIpc) is 3.79. The van der Waals surface area contributed by atoms with Crippen molar-refractivity contribution in [2.45, 2.75) is 83.4 Å². The zero-order valence-electron chi connectivity index (χ0n) is 26.0. The highest BCUT2D eigenvalue weighted by Crippen LogP contribution is 2.73. The Balaban J connectivity index is 1.34. The third kappa shape index (κ3) is 4.06. The number of furan rings is 1. The van der Waals surface area contributed by atoms with Gasteiger partial charge in [0.15, 0.2) is 0 Å². The summed E-state index contributed by atoms with van der Waals surface area (Å²) in [5, 5.41) is 11.6. The molecule has 234 valence electrons. The quantitative estimate of drug-likeness (QED) is 0.264. The molecule has 1 aromatic carbocycles. The summed E-state index contributed by atoms with van der Waals surface area (Å²) in [4.78, 5) is 26.7. The van der Waals surface area contributed by atoms with Gasteiger partial charge in [0.1, 0.15) is 6.10 Å². The first-order valence-corrected chi connectivity index (χ1v) is 15.7. The number of carbonyl (C=O) groups is 2. The van der Waals surface area contributed by atoms with E-state index in [2.05, 4.69) is 27.7 Å². The van der Waals surface area contributed by atoms with Gasteiger partial charge >= 0.3 is 11.9 Å². The molecule has 0 amide bonds. The summed E-state index contributed by atoms with van der Waals surface area (Å²) in [5.41, 5.74) is 2.51. The lowest BCUT2D eigenvalue weighted by Gasteiger charge is -2.65. The maximum Gasteiger partial charge on any atom is 0.331 e. The Bertz CT molecular complexity index is 1500. The molecule has 44 heavy (non-hydrogen) atoms. The fourth-order valence-corrected chi connectivity index (χ4v) is 10.2. The van der Waals surface area contributed by atoms with Gasteiger partial charge in [0, 0.05) is 47.0 Å². The maximum absolute atomic E-state index is 13.4. The molecule has 1 N–H and O–H groups in total. The zero-order valence-corrected chi connectivity index (χ0v) is 26.0. The van der Waals surface area contributed by atoms with Crippen LogP contribution in [0, 0.1) is 28.1 Å². The number of esters is 2. The third-order valence-electron chi connectivity index (χ3n) is 12.2. The Morgan fingerprint density at radius 2 is 1.89 bits per heavy atom. The van der Waals surface area contributed by atoms with Crippen molar-refractivity contribution in [3.8, 4) is 0 Å². The Morgan fingerprint density at radius 1 is 1.11 bits per heavy atom. The van der Waals surface area contributed by atoms with Crippen LogP contribution in [0.1, 0.15) is 64.0 Å². The molecule has 0 radical (unpaired) electrons. The van der Waals surface area contributed by atoms with Crippen molar-refractivity contribution in [1.29, 1.82) is 0 Å². The van der Waals surface area contributed by atoms with E-state index in [0.717, 1.165) is 17.5 Å². The third-order valence-corrected chi connectivity index (χ3v) is 12.2. The minimum absolute atomic E-state index is 0.131. The normalized spacial score (nSPS) is 42.2. The van der Waals surface area contributed by atoms with Gasteiger partial charge in [0.2, 0.25) is 0 Å². The first kappa shape index (κ1) is 29.5. The van der Waals surface area contributed by atoms with Crippen LogP contribution < -0.4 is 0 Å². The molecule has 2 aliphatic heterocycles. The molecule has 2 saturated heterocycles. The van der Waals surface area contributed by atoms with Crippen LogP contribution in [0.2, 0.25) is 0 Å². The van der Waals surface area contributed by atoms with Crippen LogP contribution in [-0.2, 0) is 28.5 Å². The van der Waals surface area contributed by atoms with Gasteiger partial charge < -0.3 is 28.5 Å². The van der Waals surface area contributed by atoms with Crippen molar-refractivity contribution in [3.05, 3.63) is 77.3 Å². The average molecular weight is 603 g/mol. The van der Waals surface area contributed by atoms with Gasteiger partial charge in [-0.3, -0.25) is 4.79 Å². The molecule has 8 nitrogen and oxygen atoms in total. The van der Waals surface area contributed by atoms with Crippen molar-refractivity contribution in [2.24, 2.45) is 28.1 Å². The topological polar surface area (TPSA) is 104 Å². The summed E-state index contributed by atoms with van der Waals surface area (Å²) in [5.74, 6) is -1.17. The van der Waals surface area contributed by atoms with Gasteiger partial charge in [-0.2, -0.15) is 0 Å². The number of aliphatic hydroxyl groups is 1. The number of allylic oxidation sites excluding steroid dienone is 1. The zero-order chi connectivity index (χ0) is 31.0. The minimum atomic E-state index is -0.753. The fraction of sp³-hybridized carbons (Fsp3) is 0.556. The van der Waals surface area contributed by atoms with Crippen molar-refractivity contribution in [2.75, 3.05) is 13.7 Å². The molecule has 0 spiro atoms. The lowest BCUT2D eigenvalue weighted by molar-refractivity contribution is -0.248. The summed E-state index contributed by atoms with van der Waals surface area (Å²) in [7, 11) is 1.42. The Hall–Kier alpha value is -3.20. The maximum atomic E-state index is 13.4. The second kappa shape index (κ2) is 10.4. The molecule has 3 aliphatic carbocycles. The van der Waals surface area contributed by atoms with Gasteiger partial charge in [0.25, 0.3) is 0 Å². The molecule has 0 unspecified atom stereocenters. The largest absolute Gasteiger partial charge is 0.472 e. The van der Waals surface area contributed by atoms with Crippen molar-refractivity contribution >= 4 is 18.0 Å². The molecule has 7 rings (SSSR count). The van der Waals surface area contributed by atoms with Crippen molar-refractivity contribution < 1.29 is 38.1 Å². The van der Waals surface area contributed by atoms with E-state index in [1.54, 1.807) is 18.6 Å². The van der Waals surface area contributed by atoms with Crippen LogP contribution in [0.3, 0.4) is 0 Å². The smallest absolute Gasteiger partial charge is 0.331 e. The first-order chi connectivity index (χ1) is 21.0. The van der Waals surface area contributed by atoms with Gasteiger partial charge in [-0.25, -0.2) is 4.79 Å². The monoisotopic (exact) mass is 602 g/mol. The molecular weight excluding hydrogens is 560 g/mol. The summed E-state index contributed by atoms with van der Waals surface area (Å²) in [6.45, 7) is 8.96. The first-order valence-electron chi connectivity index (χ1n) is 15.7. The van der Waals surface area contributed by atoms with Gasteiger partial charge in [-0.15, -0.1) is 0 Å². The van der Waals surface area contributed by atoms with E-state index in [9.17, 15) is 14.7 Å². The summed E-state index contributed by atoms with van der Waals surface area (Å²) >= 11 is 0. The second-order valence-electron chi connectivity index (χ2n) is 14.1. The summed E-state index contributed by atoms with van der Waals surface area (Å²) < 4.78 is 30.7. The summed E-state index contributed by atoms with van der Waals surface area (Å²) in [6, 6.07) is 11.6. The van der Waals surface area contributed by atoms with Crippen LogP contribution in [0.4, 0.5) is 0 Å². The number of aliphatic hydroxyl groups excluding tert-OH is 1. The predicted molar refractivity (Wildman–Crippen MR) is 161 cm³/mol. The van der Waals surface area contributed by atoms with Gasteiger partial charge in [-0.1, -0.05) is 56.7 Å². The van der Waals surface area contributed by atoms with Crippen molar-refractivity contribution in [3.63, 3.8) is 0 Å². The van der Waals surface area contributed by atoms with Crippen LogP contribution in [0.5, 0.6) is 0 Å². The van der Waals surface area contributed by atoms with E-state index >= 15 is 0 Å². The number of ether oxygens (including phenoxy) is 4. The van der Waals surface area contributed by atoms with Gasteiger partial charge in [-0.05, 0) is 48.1 Å². The SMILES string of the molecule is COC(=O)C[C@H]1[C@]2(C)C3=C(C)[C@H](c4ccoc4)C[C@H]3O[C@@H]2[C@@H]2OC[C@]3(C)[C@H](O)C[C@H](OC(=O)/C=C/c4ccccc4)[C@@]1(C)[C@@H]23. The molecule has 2 saturated carbocycles. The predicted octanol–water partition coefficient (Wildman–Crippen LogP) is 5.47. The molecule has 5 aliphatic rings. The van der Waals surface area contributed by atoms with Crippen molar-refractivity contribution in [1.82, 2.24) is 0 Å². The van der Waals surface area contributed by atoms with Crippen LogP contribution in [0.25, 0.3) is 6.08 Å². The molecule has 8 heteroatoms. The molecule has 3 heterocycles. The Labute approximate surface area is 258 Å². The minimum Gasteiger partial charge on any atom is -0.472 e. The van der Waals surface area contributed by atoms with Crippen LogP contribution in [-0.4, -0.2) is 61.3 Å². The lowest BCUT2D eigenvalue weighted by Crippen LogP contribution is -2.70. The highest BCUT2D eigenvalue weighted by molar-refractivity contribution is 5.87. The highest BCUT2D eigenvalue weighted by Gasteiger charge is 2.78. The molecule has 0 bridgehead atoms. The lowest BCUT2D eigenvalue weighted by atomic mass is 9.40. The molecular formula is C36H42O8. The standard InChI is InChI=1S/C36H42O8/c1-20-23(22-13-14-41-18-22)15-24-30(20)36(4)25(16-29(39)40-5)35(3)27(44-28(38)12-11-21-9-7-6-8-10-21)17-26(37)34(2)19-42-31(32(34)35)33(36)43-24/h6-14,18,23-27,31-33,37H,15-17,19H2,1-5H3/b12-11+/t23-,24-,25-,26-,27+,31-,32+,33-,34-,35+,36-/m1/s1. The molecule has 4 fully saturated rings. The van der Waals surface area contributed by atoms with Crippen LogP contribution >= 0.6 is 0 Å². The van der Waals surface area contributed by atoms with E-state index in [0.29, 0.717) is 6.61 Å². The fourth-order valence-electron chi connectivity index (χ4n) is 10.2. The number of rotatable bonds is 6. The Morgan fingerprint density at radius 3 is 2.59 bits per heavy atom. The van der Waals surface area contributed by atoms with Gasteiger partial charge in [0.05, 0.1) is 50.7 Å². The second-order valence-corrected chi connectivity index (χ2v) is 14.1. The van der Waals surface area contributed by atoms with Crippen LogP contribution in [0.15, 0.2) is 70.6 Å². The van der Waals surface area contributed by atoms with E-state index in [1.807, 2.05) is 36.4 Å². The molecule has 11 atom stereocenters. The highest BCUT2D eigenvalue weighted by atomic mass is 16.6. The number of carbonyl (C=O) groups excluding carboxylic acids is 2. The number of benzene rings is 1. The van der Waals surface area contributed by atoms with E-state index in [-0.39, 0.29) is 54.9 Å². The Kier molecular flexibility index (Phi) is 6.99. The number of methoxy groups -OCH3 is 1. The van der Waals surface area contributed by atoms with E-state index in [1.165, 1.54) is 24.3 Å². The number of hydrogen-bond acceptors (Lipinski definition) is 8. The van der Waals surface area contributed by atoms with E-state index in [4.69, 9.17) is 23.4 Å². The number of hydrogen-bond donors (Lipinski definition) is 1. The molecule has 1 aromatic heterocycles. The van der Waals surface area contributed by atoms with E-state index < -0.39 is 34.4 Å².